The molecule has 2 atom stereocenters. The number of nitrogens with zero attached hydrogens (tertiary/aromatic N) is 2. The second-order valence-electron chi connectivity index (χ2n) is 6.98. The van der Waals surface area contributed by atoms with Crippen LogP contribution in [0.4, 0.5) is 0 Å². The number of likely N-dealkylation sites (tertiary alicyclic amines) is 1. The number of hydrogen-bond acceptors (Lipinski definition) is 3. The lowest BCUT2D eigenvalue weighted by molar-refractivity contribution is -0.149. The van der Waals surface area contributed by atoms with E-state index in [-0.39, 0.29) is 11.7 Å². The zero-order chi connectivity index (χ0) is 14.3. The Bertz CT molecular complexity index is 429. The van der Waals surface area contributed by atoms with Crippen molar-refractivity contribution in [3.63, 3.8) is 0 Å². The van der Waals surface area contributed by atoms with Crippen LogP contribution in [-0.2, 0) is 4.79 Å². The zero-order valence-electron chi connectivity index (χ0n) is 12.2. The van der Waals surface area contributed by atoms with E-state index in [4.69, 9.17) is 10.9 Å². The first-order valence-electron chi connectivity index (χ1n) is 7.87. The summed E-state index contributed by atoms with van der Waals surface area (Å²) in [6.45, 7) is 2.96. The molecule has 2 aliphatic carbocycles. The van der Waals surface area contributed by atoms with Gasteiger partial charge in [0.05, 0.1) is 0 Å². The Hall–Kier alpha value is -1.26. The van der Waals surface area contributed by atoms with Gasteiger partial charge in [0.2, 0.25) is 5.91 Å². The Labute approximate surface area is 120 Å². The predicted molar refractivity (Wildman–Crippen MR) is 76.3 cm³/mol. The molecule has 2 unspecified atom stereocenters. The Morgan fingerprint density at radius 1 is 1.30 bits per heavy atom. The lowest BCUT2D eigenvalue weighted by Gasteiger charge is -2.49. The summed E-state index contributed by atoms with van der Waals surface area (Å²) in [5.41, 5.74) is 5.15. The van der Waals surface area contributed by atoms with E-state index in [0.717, 1.165) is 32.2 Å². The molecule has 3 N–H and O–H groups in total. The third-order valence-electron chi connectivity index (χ3n) is 5.66. The van der Waals surface area contributed by atoms with Crippen molar-refractivity contribution < 1.29 is 10.0 Å². The molecule has 112 valence electrons. The average Bonchev–Trinajstić information content (AvgIpc) is 2.90. The quantitative estimate of drug-likeness (QED) is 0.351. The molecule has 0 bridgehead atoms. The van der Waals surface area contributed by atoms with E-state index in [1.54, 1.807) is 0 Å². The number of carbonyl (C=O) groups excluding carboxylic acids is 1. The molecule has 2 saturated carbocycles. The summed E-state index contributed by atoms with van der Waals surface area (Å²) in [4.78, 5) is 15.1. The Morgan fingerprint density at radius 2 is 2.00 bits per heavy atom. The van der Waals surface area contributed by atoms with Crippen molar-refractivity contribution >= 4 is 11.7 Å². The van der Waals surface area contributed by atoms with Gasteiger partial charge in [-0.1, -0.05) is 18.5 Å². The van der Waals surface area contributed by atoms with Gasteiger partial charge in [0.25, 0.3) is 0 Å². The smallest absolute Gasteiger partial charge is 0.236 e. The number of amidine groups is 1. The third kappa shape index (κ3) is 1.90. The minimum absolute atomic E-state index is 0.112. The SMILES string of the molecule is CC1CC(C(=O)N2CCCC3CCCC32)(C(N)=NO)C1. The van der Waals surface area contributed by atoms with Gasteiger partial charge in [-0.25, -0.2) is 0 Å². The van der Waals surface area contributed by atoms with Gasteiger partial charge in [-0.05, 0) is 50.4 Å². The van der Waals surface area contributed by atoms with Gasteiger partial charge in [0, 0.05) is 12.6 Å². The maximum Gasteiger partial charge on any atom is 0.236 e. The largest absolute Gasteiger partial charge is 0.409 e. The number of nitrogens with two attached hydrogens (primary N) is 1. The number of amides is 1. The van der Waals surface area contributed by atoms with Crippen molar-refractivity contribution in [2.75, 3.05) is 6.54 Å². The maximum absolute atomic E-state index is 13.0. The summed E-state index contributed by atoms with van der Waals surface area (Å²) < 4.78 is 0. The summed E-state index contributed by atoms with van der Waals surface area (Å²) in [6, 6.07) is 0.399. The fourth-order valence-corrected chi connectivity index (χ4v) is 4.70. The van der Waals surface area contributed by atoms with Gasteiger partial charge in [0.1, 0.15) is 5.41 Å². The van der Waals surface area contributed by atoms with E-state index >= 15 is 0 Å². The number of hydrogen-bond donors (Lipinski definition) is 2. The molecular formula is C15H25N3O2. The van der Waals surface area contributed by atoms with Crippen LogP contribution in [0.2, 0.25) is 0 Å². The minimum Gasteiger partial charge on any atom is -0.409 e. The van der Waals surface area contributed by atoms with Crippen LogP contribution in [-0.4, -0.2) is 34.4 Å². The monoisotopic (exact) mass is 279 g/mol. The van der Waals surface area contributed by atoms with Crippen molar-refractivity contribution in [2.24, 2.45) is 28.1 Å². The van der Waals surface area contributed by atoms with E-state index in [9.17, 15) is 4.79 Å². The molecule has 3 rings (SSSR count). The molecule has 20 heavy (non-hydrogen) atoms. The molecule has 1 saturated heterocycles. The summed E-state index contributed by atoms with van der Waals surface area (Å²) in [7, 11) is 0. The minimum atomic E-state index is -0.724. The molecule has 3 fully saturated rings. The van der Waals surface area contributed by atoms with Gasteiger partial charge in [-0.2, -0.15) is 0 Å². The van der Waals surface area contributed by atoms with Gasteiger partial charge in [-0.15, -0.1) is 0 Å². The number of fused-ring (bicyclic) bond motifs is 1. The lowest BCUT2D eigenvalue weighted by Crippen LogP contribution is -2.60. The van der Waals surface area contributed by atoms with Crippen molar-refractivity contribution in [2.45, 2.75) is 57.9 Å². The number of oxime groups is 1. The van der Waals surface area contributed by atoms with Crippen LogP contribution < -0.4 is 5.73 Å². The summed E-state index contributed by atoms with van der Waals surface area (Å²) in [5.74, 6) is 1.38. The van der Waals surface area contributed by atoms with Crippen LogP contribution >= 0.6 is 0 Å². The van der Waals surface area contributed by atoms with Gasteiger partial charge in [-0.3, -0.25) is 4.79 Å². The summed E-state index contributed by atoms with van der Waals surface area (Å²) in [5, 5.41) is 12.2. The first-order valence-corrected chi connectivity index (χ1v) is 7.87. The molecule has 3 aliphatic rings. The van der Waals surface area contributed by atoms with Crippen molar-refractivity contribution in [1.29, 1.82) is 0 Å². The second-order valence-corrected chi connectivity index (χ2v) is 6.98. The normalized spacial score (nSPS) is 41.1. The molecule has 1 amide bonds. The Kier molecular flexibility index (Phi) is 3.38. The fraction of sp³-hybridized carbons (Fsp3) is 0.867. The van der Waals surface area contributed by atoms with Crippen molar-refractivity contribution in [3.8, 4) is 0 Å². The highest BCUT2D eigenvalue weighted by atomic mass is 16.4. The van der Waals surface area contributed by atoms with Crippen LogP contribution in [0.1, 0.15) is 51.9 Å². The van der Waals surface area contributed by atoms with Crippen LogP contribution in [0.25, 0.3) is 0 Å². The van der Waals surface area contributed by atoms with Crippen molar-refractivity contribution in [3.05, 3.63) is 0 Å². The van der Waals surface area contributed by atoms with Gasteiger partial charge in [0.15, 0.2) is 5.84 Å². The number of carbonyl (C=O) groups is 1. The number of piperidine rings is 1. The first-order chi connectivity index (χ1) is 9.58. The van der Waals surface area contributed by atoms with Crippen molar-refractivity contribution in [1.82, 2.24) is 4.90 Å². The molecular weight excluding hydrogens is 254 g/mol. The highest BCUT2D eigenvalue weighted by molar-refractivity contribution is 6.07. The first kappa shape index (κ1) is 13.7. The Balaban J connectivity index is 1.83. The standard InChI is InChI=1S/C15H25N3O2/c1-10-8-15(9-10,13(16)17-20)14(19)18-7-3-5-11-4-2-6-12(11)18/h10-12,20H,2-9H2,1H3,(H2,16,17). The average molecular weight is 279 g/mol. The predicted octanol–water partition coefficient (Wildman–Crippen LogP) is 1.94. The molecule has 0 radical (unpaired) electrons. The van der Waals surface area contributed by atoms with Crippen LogP contribution in [0, 0.1) is 17.3 Å². The van der Waals surface area contributed by atoms with Gasteiger partial charge >= 0.3 is 0 Å². The Morgan fingerprint density at radius 3 is 2.65 bits per heavy atom. The zero-order valence-corrected chi connectivity index (χ0v) is 12.2. The van der Waals surface area contributed by atoms with Crippen LogP contribution in [0.15, 0.2) is 5.16 Å². The van der Waals surface area contributed by atoms with E-state index in [1.165, 1.54) is 19.3 Å². The van der Waals surface area contributed by atoms with E-state index in [2.05, 4.69) is 17.0 Å². The highest BCUT2D eigenvalue weighted by Gasteiger charge is 2.55. The molecule has 0 spiro atoms. The second kappa shape index (κ2) is 4.93. The summed E-state index contributed by atoms with van der Waals surface area (Å²) >= 11 is 0. The lowest BCUT2D eigenvalue weighted by atomic mass is 9.60. The van der Waals surface area contributed by atoms with Crippen LogP contribution in [0.3, 0.4) is 0 Å². The van der Waals surface area contributed by atoms with E-state index in [1.807, 2.05) is 0 Å². The van der Waals surface area contributed by atoms with E-state index in [0.29, 0.717) is 17.9 Å². The summed E-state index contributed by atoms with van der Waals surface area (Å²) in [6.07, 6.45) is 7.38. The molecule has 5 nitrogen and oxygen atoms in total. The van der Waals surface area contributed by atoms with Gasteiger partial charge < -0.3 is 15.8 Å². The molecule has 0 aromatic rings. The fourth-order valence-electron chi connectivity index (χ4n) is 4.70. The molecule has 1 aliphatic heterocycles. The van der Waals surface area contributed by atoms with E-state index < -0.39 is 5.41 Å². The number of rotatable bonds is 2. The molecule has 1 heterocycles. The van der Waals surface area contributed by atoms with Crippen LogP contribution in [0.5, 0.6) is 0 Å². The third-order valence-corrected chi connectivity index (χ3v) is 5.66. The molecule has 0 aromatic heterocycles. The molecule has 0 aromatic carbocycles. The highest BCUT2D eigenvalue weighted by Crippen LogP contribution is 2.49. The topological polar surface area (TPSA) is 78.9 Å². The molecule has 5 heteroatoms. The maximum atomic E-state index is 13.0.